The number of pyridine rings is 1. The van der Waals surface area contributed by atoms with Gasteiger partial charge in [-0.1, -0.05) is 44.2 Å². The molecule has 0 saturated carbocycles. The van der Waals surface area contributed by atoms with Gasteiger partial charge in [-0.2, -0.15) is 0 Å². The predicted molar refractivity (Wildman–Crippen MR) is 167 cm³/mol. The number of hydrogen-bond acceptors (Lipinski definition) is 8. The average Bonchev–Trinajstić information content (AvgIpc) is 3.77. The molecule has 1 saturated heterocycles. The number of allylic oxidation sites excluding steroid dienone is 1. The van der Waals surface area contributed by atoms with Gasteiger partial charge in [0.1, 0.15) is 23.4 Å². The Kier molecular flexibility index (Phi) is 12.3. The molecule has 44 heavy (non-hydrogen) atoms. The van der Waals surface area contributed by atoms with Crippen LogP contribution >= 0.6 is 0 Å². The number of aliphatic imine (C=N–C) groups is 1. The molecule has 2 heterocycles. The lowest BCUT2D eigenvalue weighted by Gasteiger charge is -2.27. The quantitative estimate of drug-likeness (QED) is 0.151. The van der Waals surface area contributed by atoms with Crippen molar-refractivity contribution >= 4 is 29.2 Å². The Morgan fingerprint density at radius 3 is 2.02 bits per heavy atom. The Hall–Kier alpha value is -4.38. The summed E-state index contributed by atoms with van der Waals surface area (Å²) in [5, 5.41) is 8.50. The van der Waals surface area contributed by atoms with E-state index in [4.69, 9.17) is 9.47 Å². The average molecular weight is 606 g/mol. The molecule has 1 aliphatic rings. The number of benzene rings is 1. The Balaban J connectivity index is 1.88. The summed E-state index contributed by atoms with van der Waals surface area (Å²) < 4.78 is 10.5. The van der Waals surface area contributed by atoms with E-state index in [9.17, 15) is 19.2 Å². The number of methoxy groups -OCH3 is 1. The maximum atomic E-state index is 13.9. The molecular weight excluding hydrogens is 562 g/mol. The topological polar surface area (TPSA) is 151 Å². The van der Waals surface area contributed by atoms with Crippen LogP contribution in [-0.2, 0) is 41.5 Å². The van der Waals surface area contributed by atoms with Crippen LogP contribution in [0.15, 0.2) is 71.7 Å². The van der Waals surface area contributed by atoms with E-state index in [1.807, 2.05) is 44.2 Å². The predicted octanol–water partition coefficient (Wildman–Crippen LogP) is 2.35. The maximum Gasteiger partial charge on any atom is 0.270 e. The van der Waals surface area contributed by atoms with Crippen LogP contribution in [0.4, 0.5) is 0 Å². The molecule has 2 aromatic rings. The highest BCUT2D eigenvalue weighted by molar-refractivity contribution is 6.43. The van der Waals surface area contributed by atoms with Crippen molar-refractivity contribution in [1.82, 2.24) is 20.9 Å². The number of carbonyl (C=O) groups is 4. The molecule has 11 nitrogen and oxygen atoms in total. The number of amides is 3. The van der Waals surface area contributed by atoms with Crippen molar-refractivity contribution in [3.05, 3.63) is 77.8 Å². The van der Waals surface area contributed by atoms with Gasteiger partial charge in [-0.15, -0.1) is 0 Å². The summed E-state index contributed by atoms with van der Waals surface area (Å²) in [4.78, 5) is 62.1. The molecule has 0 bridgehead atoms. The van der Waals surface area contributed by atoms with Crippen molar-refractivity contribution in [3.8, 4) is 0 Å². The lowest BCUT2D eigenvalue weighted by Crippen LogP contribution is -2.58. The highest BCUT2D eigenvalue weighted by Crippen LogP contribution is 2.29. The number of ether oxygens (including phenoxy) is 2. The van der Waals surface area contributed by atoms with Crippen LogP contribution in [0.2, 0.25) is 0 Å². The van der Waals surface area contributed by atoms with Gasteiger partial charge in [0.15, 0.2) is 5.78 Å². The van der Waals surface area contributed by atoms with Gasteiger partial charge in [-0.3, -0.25) is 29.2 Å². The van der Waals surface area contributed by atoms with Gasteiger partial charge in [-0.25, -0.2) is 0 Å². The third-order valence-corrected chi connectivity index (χ3v) is 7.30. The van der Waals surface area contributed by atoms with Gasteiger partial charge in [0.05, 0.1) is 25.5 Å². The summed E-state index contributed by atoms with van der Waals surface area (Å²) in [7, 11) is 2.94. The SMILES string of the molecule is CN=C(/C=C(/C)OC)C(=O)N[C@@H](Cc1ccncc1)C(=O)N[C@@H](Cc1ccccc1)C(=O)N[C@@H](CC(C)C)C(=O)[C@@]1(C)CO1. The first-order valence-corrected chi connectivity index (χ1v) is 14.7. The third kappa shape index (κ3) is 10.1. The zero-order chi connectivity index (χ0) is 32.3. The summed E-state index contributed by atoms with van der Waals surface area (Å²) >= 11 is 0. The van der Waals surface area contributed by atoms with Crippen LogP contribution in [0, 0.1) is 5.92 Å². The standard InChI is InChI=1S/C33H43N5O6/c1-21(2)16-25(29(39)33(4)20-44-33)36-31(41)27(18-23-10-8-7-9-11-23)38-32(42)28(19-24-12-14-35-15-13-24)37-30(40)26(34-5)17-22(3)43-6/h7-15,17,21,25,27-28H,16,18-20H2,1-6H3,(H,36,41)(H,37,40)(H,38,42)/b22-17-,34-26?/t25-,27-,28-,33+/m0/s1. The summed E-state index contributed by atoms with van der Waals surface area (Å²) in [5.41, 5.74) is 0.719. The van der Waals surface area contributed by atoms with Crippen molar-refractivity contribution in [2.24, 2.45) is 10.9 Å². The van der Waals surface area contributed by atoms with E-state index in [1.165, 1.54) is 20.2 Å². The smallest absolute Gasteiger partial charge is 0.270 e. The first kappa shape index (κ1) is 34.1. The third-order valence-electron chi connectivity index (χ3n) is 7.30. The number of epoxide rings is 1. The fourth-order valence-electron chi connectivity index (χ4n) is 4.60. The van der Waals surface area contributed by atoms with Crippen LogP contribution in [0.1, 0.15) is 45.2 Å². The van der Waals surface area contributed by atoms with Crippen LogP contribution < -0.4 is 16.0 Å². The number of nitrogens with one attached hydrogen (secondary N) is 3. The number of carbonyl (C=O) groups excluding carboxylic acids is 4. The molecule has 1 aliphatic heterocycles. The number of hydrogen-bond donors (Lipinski definition) is 3. The molecule has 0 radical (unpaired) electrons. The van der Waals surface area contributed by atoms with Crippen LogP contribution in [0.5, 0.6) is 0 Å². The van der Waals surface area contributed by atoms with Crippen molar-refractivity contribution in [3.63, 3.8) is 0 Å². The zero-order valence-corrected chi connectivity index (χ0v) is 26.3. The highest BCUT2D eigenvalue weighted by Gasteiger charge is 2.50. The fraction of sp³-hybridized carbons (Fsp3) is 0.455. The largest absolute Gasteiger partial charge is 0.501 e. The highest BCUT2D eigenvalue weighted by atomic mass is 16.6. The molecule has 0 unspecified atom stereocenters. The van der Waals surface area contributed by atoms with E-state index in [0.29, 0.717) is 18.8 Å². The zero-order valence-electron chi connectivity index (χ0n) is 26.3. The second-order valence-electron chi connectivity index (χ2n) is 11.5. The second-order valence-corrected chi connectivity index (χ2v) is 11.5. The Bertz CT molecular complexity index is 1360. The van der Waals surface area contributed by atoms with E-state index in [1.54, 1.807) is 38.4 Å². The number of ketones is 1. The van der Waals surface area contributed by atoms with Gasteiger partial charge in [0.25, 0.3) is 5.91 Å². The van der Waals surface area contributed by atoms with Gasteiger partial charge in [-0.05, 0) is 49.4 Å². The molecule has 3 N–H and O–H groups in total. The molecule has 3 amide bonds. The van der Waals surface area contributed by atoms with Crippen LogP contribution in [0.3, 0.4) is 0 Å². The molecular formula is C33H43N5O6. The minimum Gasteiger partial charge on any atom is -0.501 e. The van der Waals surface area contributed by atoms with Gasteiger partial charge >= 0.3 is 0 Å². The fourth-order valence-corrected chi connectivity index (χ4v) is 4.60. The number of nitrogens with zero attached hydrogens (tertiary/aromatic N) is 2. The molecule has 0 spiro atoms. The van der Waals surface area contributed by atoms with Crippen molar-refractivity contribution in [2.75, 3.05) is 20.8 Å². The first-order valence-electron chi connectivity index (χ1n) is 14.7. The van der Waals surface area contributed by atoms with Gasteiger partial charge in [0, 0.05) is 38.4 Å². The molecule has 4 atom stereocenters. The van der Waals surface area contributed by atoms with E-state index < -0.39 is 41.4 Å². The van der Waals surface area contributed by atoms with Gasteiger partial charge < -0.3 is 25.4 Å². The minimum absolute atomic E-state index is 0.0706. The molecule has 1 aromatic heterocycles. The Morgan fingerprint density at radius 1 is 0.955 bits per heavy atom. The van der Waals surface area contributed by atoms with E-state index in [-0.39, 0.29) is 30.3 Å². The maximum absolute atomic E-state index is 13.9. The first-order chi connectivity index (χ1) is 20.9. The van der Waals surface area contributed by atoms with E-state index in [0.717, 1.165) is 11.1 Å². The summed E-state index contributed by atoms with van der Waals surface area (Å²) in [6, 6.07) is 9.86. The van der Waals surface area contributed by atoms with E-state index in [2.05, 4.69) is 25.9 Å². The number of aromatic nitrogens is 1. The number of Topliss-reactive ketones (excluding diaryl/α,β-unsaturated/α-hetero) is 1. The molecule has 1 fully saturated rings. The van der Waals surface area contributed by atoms with Gasteiger partial charge in [0.2, 0.25) is 11.8 Å². The van der Waals surface area contributed by atoms with E-state index >= 15 is 0 Å². The Morgan fingerprint density at radius 2 is 1.50 bits per heavy atom. The minimum atomic E-state index is -1.06. The monoisotopic (exact) mass is 605 g/mol. The molecule has 1 aromatic carbocycles. The molecule has 11 heteroatoms. The summed E-state index contributed by atoms with van der Waals surface area (Å²) in [6.07, 6.45) is 5.38. The second kappa shape index (κ2) is 15.9. The summed E-state index contributed by atoms with van der Waals surface area (Å²) in [5.74, 6) is -1.27. The lowest BCUT2D eigenvalue weighted by atomic mass is 9.93. The number of rotatable bonds is 16. The Labute approximate surface area is 258 Å². The van der Waals surface area contributed by atoms with Crippen molar-refractivity contribution in [1.29, 1.82) is 0 Å². The molecule has 3 rings (SSSR count). The van der Waals surface area contributed by atoms with Crippen molar-refractivity contribution in [2.45, 2.75) is 70.7 Å². The summed E-state index contributed by atoms with van der Waals surface area (Å²) in [6.45, 7) is 7.63. The van der Waals surface area contributed by atoms with Crippen molar-refractivity contribution < 1.29 is 28.7 Å². The normalized spacial score (nSPS) is 18.5. The lowest BCUT2D eigenvalue weighted by molar-refractivity contribution is -0.134. The molecule has 0 aliphatic carbocycles. The van der Waals surface area contributed by atoms with Crippen LogP contribution in [-0.4, -0.2) is 78.7 Å². The molecule has 236 valence electrons. The van der Waals surface area contributed by atoms with Crippen LogP contribution in [0.25, 0.3) is 0 Å².